The van der Waals surface area contributed by atoms with Crippen LogP contribution in [0.4, 0.5) is 0 Å². The molecule has 156 valence electrons. The summed E-state index contributed by atoms with van der Waals surface area (Å²) < 4.78 is 1.11. The average molecular weight is 487 g/mol. The normalized spacial score (nSPS) is 12.6. The van der Waals surface area contributed by atoms with Crippen molar-refractivity contribution >= 4 is 29.2 Å². The van der Waals surface area contributed by atoms with E-state index in [-0.39, 0.29) is 11.7 Å². The van der Waals surface area contributed by atoms with E-state index in [1.54, 1.807) is 0 Å². The fraction of sp³-hybridized carbons (Fsp3) is 0.143. The first-order valence-electron chi connectivity index (χ1n) is 10.7. The topological polar surface area (TPSA) is 12.0 Å². The molecule has 0 aliphatic rings. The van der Waals surface area contributed by atoms with E-state index in [2.05, 4.69) is 150 Å². The van der Waals surface area contributed by atoms with E-state index in [1.807, 2.05) is 0 Å². The molecule has 0 amide bonds. The van der Waals surface area contributed by atoms with Gasteiger partial charge in [-0.05, 0) is 28.8 Å². The van der Waals surface area contributed by atoms with Crippen LogP contribution in [0, 0.1) is 0 Å². The molecule has 1 nitrogen and oxygen atoms in total. The van der Waals surface area contributed by atoms with Crippen LogP contribution in [0.15, 0.2) is 120 Å². The van der Waals surface area contributed by atoms with Gasteiger partial charge >= 0.3 is 0 Å². The summed E-state index contributed by atoms with van der Waals surface area (Å²) in [7, 11) is -1.92. The van der Waals surface area contributed by atoms with Gasteiger partial charge in [0.15, 0.2) is 0 Å². The SMILES string of the molecule is C[Si](C)(c1ccccc1)C(NC(c1ccccc1)c1ccccc1)c1ccc(Br)cc1. The Bertz CT molecular complexity index is 1040. The maximum atomic E-state index is 4.11. The van der Waals surface area contributed by atoms with Gasteiger partial charge in [-0.15, -0.1) is 0 Å². The summed E-state index contributed by atoms with van der Waals surface area (Å²) in [6.07, 6.45) is 0. The highest BCUT2D eigenvalue weighted by Crippen LogP contribution is 2.32. The van der Waals surface area contributed by atoms with Crippen LogP contribution in [-0.2, 0) is 0 Å². The minimum absolute atomic E-state index is 0.117. The molecule has 1 unspecified atom stereocenters. The monoisotopic (exact) mass is 485 g/mol. The van der Waals surface area contributed by atoms with Gasteiger partial charge in [0, 0.05) is 10.1 Å². The fourth-order valence-corrected chi connectivity index (χ4v) is 7.51. The summed E-state index contributed by atoms with van der Waals surface area (Å²) in [5.74, 6) is 0. The highest BCUT2D eigenvalue weighted by molar-refractivity contribution is 9.10. The van der Waals surface area contributed by atoms with Gasteiger partial charge in [-0.2, -0.15) is 0 Å². The van der Waals surface area contributed by atoms with Gasteiger partial charge < -0.3 is 5.32 Å². The third-order valence-corrected chi connectivity index (χ3v) is 10.3. The Morgan fingerprint density at radius 3 is 1.52 bits per heavy atom. The second-order valence-electron chi connectivity index (χ2n) is 8.49. The molecule has 0 spiro atoms. The molecule has 0 bridgehead atoms. The highest BCUT2D eigenvalue weighted by Gasteiger charge is 2.36. The number of rotatable bonds is 7. The third kappa shape index (κ3) is 5.07. The van der Waals surface area contributed by atoms with Gasteiger partial charge in [0.1, 0.15) is 8.07 Å². The van der Waals surface area contributed by atoms with Crippen LogP contribution in [0.1, 0.15) is 28.4 Å². The van der Waals surface area contributed by atoms with Crippen molar-refractivity contribution in [2.75, 3.05) is 0 Å². The number of hydrogen-bond donors (Lipinski definition) is 1. The number of nitrogens with one attached hydrogen (secondary N) is 1. The molecule has 0 saturated heterocycles. The molecule has 0 aromatic heterocycles. The van der Waals surface area contributed by atoms with E-state index >= 15 is 0 Å². The predicted octanol–water partition coefficient (Wildman–Crippen LogP) is 7.02. The van der Waals surface area contributed by atoms with Crippen LogP contribution in [0.5, 0.6) is 0 Å². The van der Waals surface area contributed by atoms with Crippen molar-refractivity contribution in [3.63, 3.8) is 0 Å². The van der Waals surface area contributed by atoms with Crippen LogP contribution in [0.25, 0.3) is 0 Å². The van der Waals surface area contributed by atoms with Crippen LogP contribution in [0.3, 0.4) is 0 Å². The zero-order valence-corrected chi connectivity index (χ0v) is 20.6. The van der Waals surface area contributed by atoms with E-state index in [4.69, 9.17) is 0 Å². The maximum Gasteiger partial charge on any atom is 0.104 e. The first-order valence-corrected chi connectivity index (χ1v) is 14.6. The summed E-state index contributed by atoms with van der Waals surface area (Å²) in [4.78, 5) is 0. The molecule has 4 aromatic rings. The summed E-state index contributed by atoms with van der Waals surface area (Å²) >= 11 is 3.61. The molecule has 1 atom stereocenters. The molecule has 1 N–H and O–H groups in total. The first kappa shape index (κ1) is 21.8. The molecule has 0 aliphatic carbocycles. The molecule has 0 radical (unpaired) electrons. The Hall–Kier alpha value is -2.46. The van der Waals surface area contributed by atoms with Crippen LogP contribution >= 0.6 is 15.9 Å². The minimum Gasteiger partial charge on any atom is -0.302 e. The van der Waals surface area contributed by atoms with Crippen molar-refractivity contribution in [2.24, 2.45) is 0 Å². The van der Waals surface area contributed by atoms with E-state index in [1.165, 1.54) is 21.9 Å². The van der Waals surface area contributed by atoms with Crippen molar-refractivity contribution in [3.8, 4) is 0 Å². The van der Waals surface area contributed by atoms with Crippen molar-refractivity contribution < 1.29 is 0 Å². The average Bonchev–Trinajstić information content (AvgIpc) is 2.82. The summed E-state index contributed by atoms with van der Waals surface area (Å²) in [6.45, 7) is 4.93. The molecular weight excluding hydrogens is 458 g/mol. The molecule has 4 rings (SSSR count). The lowest BCUT2D eigenvalue weighted by molar-refractivity contribution is 0.574. The molecular formula is C28H28BrNSi. The van der Waals surface area contributed by atoms with Gasteiger partial charge in [-0.25, -0.2) is 0 Å². The second-order valence-corrected chi connectivity index (χ2v) is 14.0. The number of halogens is 1. The first-order chi connectivity index (χ1) is 15.1. The predicted molar refractivity (Wildman–Crippen MR) is 138 cm³/mol. The van der Waals surface area contributed by atoms with Gasteiger partial charge in [0.05, 0.1) is 6.04 Å². The van der Waals surface area contributed by atoms with Crippen molar-refractivity contribution in [3.05, 3.63) is 136 Å². The lowest BCUT2D eigenvalue weighted by Gasteiger charge is -2.37. The molecule has 4 aromatic carbocycles. The van der Waals surface area contributed by atoms with Crippen molar-refractivity contribution in [2.45, 2.75) is 24.8 Å². The lowest BCUT2D eigenvalue weighted by Crippen LogP contribution is -2.53. The van der Waals surface area contributed by atoms with Crippen molar-refractivity contribution in [1.29, 1.82) is 0 Å². The lowest BCUT2D eigenvalue weighted by atomic mass is 9.98. The molecule has 0 saturated carbocycles. The van der Waals surface area contributed by atoms with Gasteiger partial charge in [0.25, 0.3) is 0 Å². The smallest absolute Gasteiger partial charge is 0.104 e. The number of hydrogen-bond acceptors (Lipinski definition) is 1. The Morgan fingerprint density at radius 2 is 1.03 bits per heavy atom. The zero-order valence-electron chi connectivity index (χ0n) is 18.0. The molecule has 31 heavy (non-hydrogen) atoms. The zero-order chi connectivity index (χ0) is 21.7. The largest absolute Gasteiger partial charge is 0.302 e. The van der Waals surface area contributed by atoms with Crippen LogP contribution in [0.2, 0.25) is 13.1 Å². The minimum atomic E-state index is -1.92. The number of benzene rings is 4. The Morgan fingerprint density at radius 1 is 0.581 bits per heavy atom. The van der Waals surface area contributed by atoms with E-state index in [0.717, 1.165) is 4.47 Å². The third-order valence-electron chi connectivity index (χ3n) is 6.04. The Labute approximate surface area is 195 Å². The van der Waals surface area contributed by atoms with E-state index in [0.29, 0.717) is 0 Å². The Balaban J connectivity index is 1.81. The van der Waals surface area contributed by atoms with Gasteiger partial charge in [0.2, 0.25) is 0 Å². The Kier molecular flexibility index (Phi) is 6.86. The van der Waals surface area contributed by atoms with E-state index in [9.17, 15) is 0 Å². The standard InChI is InChI=1S/C28H28BrNSi/c1-31(2,26-16-10-5-11-17-26)28(24-18-20-25(29)21-19-24)30-27(22-12-6-3-7-13-22)23-14-8-4-9-15-23/h3-21,27-28,30H,1-2H3. The quantitative estimate of drug-likeness (QED) is 0.277. The van der Waals surface area contributed by atoms with Crippen LogP contribution < -0.4 is 10.5 Å². The summed E-state index contributed by atoms with van der Waals surface area (Å²) in [6, 6.07) is 41.5. The molecule has 0 heterocycles. The highest BCUT2D eigenvalue weighted by atomic mass is 79.9. The molecule has 0 aliphatic heterocycles. The molecule has 0 fully saturated rings. The maximum absolute atomic E-state index is 4.11. The van der Waals surface area contributed by atoms with Gasteiger partial charge in [-0.3, -0.25) is 0 Å². The van der Waals surface area contributed by atoms with Crippen molar-refractivity contribution in [1.82, 2.24) is 5.32 Å². The summed E-state index contributed by atoms with van der Waals surface area (Å²) in [5.41, 5.74) is 4.15. The fourth-order valence-electron chi connectivity index (χ4n) is 4.25. The second kappa shape index (κ2) is 9.78. The van der Waals surface area contributed by atoms with E-state index < -0.39 is 8.07 Å². The van der Waals surface area contributed by atoms with Crippen LogP contribution in [-0.4, -0.2) is 8.07 Å². The van der Waals surface area contributed by atoms with Gasteiger partial charge in [-0.1, -0.05) is 137 Å². The summed E-state index contributed by atoms with van der Waals surface area (Å²) in [5, 5.41) is 5.56. The molecule has 3 heteroatoms.